The second kappa shape index (κ2) is 6.38. The van der Waals surface area contributed by atoms with Crippen molar-refractivity contribution in [1.82, 2.24) is 10.3 Å². The lowest BCUT2D eigenvalue weighted by atomic mass is 10.1. The van der Waals surface area contributed by atoms with Gasteiger partial charge in [0.2, 0.25) is 0 Å². The van der Waals surface area contributed by atoms with Gasteiger partial charge in [-0.25, -0.2) is 4.79 Å². The number of hydrogen-bond acceptors (Lipinski definition) is 3. The molecule has 1 aromatic rings. The van der Waals surface area contributed by atoms with E-state index >= 15 is 0 Å². The summed E-state index contributed by atoms with van der Waals surface area (Å²) in [6.45, 7) is 5.69. The Morgan fingerprint density at radius 3 is 2.47 bits per heavy atom. The largest absolute Gasteiger partial charge is 0.477 e. The fourth-order valence-electron chi connectivity index (χ4n) is 2.02. The zero-order valence-electron chi connectivity index (χ0n) is 11.7. The maximum absolute atomic E-state index is 12.2. The fraction of sp³-hybridized carbons (Fsp3) is 0.538. The number of hydrogen-bond donors (Lipinski definition) is 3. The van der Waals surface area contributed by atoms with Crippen molar-refractivity contribution in [2.45, 2.75) is 33.2 Å². The lowest BCUT2D eigenvalue weighted by Gasteiger charge is -2.16. The monoisotopic (exact) mass is 268 g/mol. The quantitative estimate of drug-likeness (QED) is 0.728. The number of aryl methyl sites for hydroxylation is 1. The van der Waals surface area contributed by atoms with E-state index in [1.165, 1.54) is 0 Å². The number of aromatic carboxylic acids is 1. The number of carbonyl (C=O) groups excluding carboxylic acids is 1. The molecule has 1 rings (SSSR count). The third-order valence-corrected chi connectivity index (χ3v) is 3.07. The van der Waals surface area contributed by atoms with E-state index < -0.39 is 5.97 Å². The molecule has 0 bridgehead atoms. The number of carboxylic acid groups (broad SMARTS) is 1. The maximum atomic E-state index is 12.2. The van der Waals surface area contributed by atoms with Crippen LogP contribution >= 0.6 is 0 Å². The first-order chi connectivity index (χ1) is 8.92. The molecule has 0 aliphatic carbocycles. The number of aromatic amines is 1. The van der Waals surface area contributed by atoms with E-state index in [2.05, 4.69) is 10.3 Å². The highest BCUT2D eigenvalue weighted by molar-refractivity contribution is 6.00. The summed E-state index contributed by atoms with van der Waals surface area (Å²) in [6, 6.07) is -0.0838. The summed E-state index contributed by atoms with van der Waals surface area (Å²) in [4.78, 5) is 25.9. The second-order valence-electron chi connectivity index (χ2n) is 4.46. The first-order valence-corrected chi connectivity index (χ1v) is 6.14. The molecular weight excluding hydrogens is 248 g/mol. The number of ether oxygens (including phenoxy) is 1. The molecule has 0 saturated heterocycles. The van der Waals surface area contributed by atoms with Gasteiger partial charge >= 0.3 is 5.97 Å². The van der Waals surface area contributed by atoms with Gasteiger partial charge in [0, 0.05) is 12.8 Å². The van der Waals surface area contributed by atoms with Gasteiger partial charge in [-0.1, -0.05) is 6.92 Å². The number of rotatable bonds is 6. The van der Waals surface area contributed by atoms with Crippen LogP contribution in [-0.4, -0.2) is 41.7 Å². The molecule has 0 fully saturated rings. The van der Waals surface area contributed by atoms with Crippen molar-refractivity contribution < 1.29 is 19.4 Å². The van der Waals surface area contributed by atoms with Crippen LogP contribution in [0.2, 0.25) is 0 Å². The smallest absolute Gasteiger partial charge is 0.352 e. The van der Waals surface area contributed by atoms with Crippen LogP contribution in [0.5, 0.6) is 0 Å². The average molecular weight is 268 g/mol. The first kappa shape index (κ1) is 15.2. The van der Waals surface area contributed by atoms with E-state index in [0.717, 1.165) is 6.42 Å². The van der Waals surface area contributed by atoms with Crippen molar-refractivity contribution in [3.63, 3.8) is 0 Å². The number of nitrogens with one attached hydrogen (secondary N) is 2. The Kier molecular flexibility index (Phi) is 5.11. The van der Waals surface area contributed by atoms with Crippen molar-refractivity contribution >= 4 is 11.9 Å². The summed E-state index contributed by atoms with van der Waals surface area (Å²) in [5, 5.41) is 11.9. The minimum absolute atomic E-state index is 0.0578. The predicted molar refractivity (Wildman–Crippen MR) is 70.6 cm³/mol. The number of carboxylic acids is 1. The van der Waals surface area contributed by atoms with Crippen LogP contribution in [0, 0.1) is 13.8 Å². The highest BCUT2D eigenvalue weighted by Gasteiger charge is 2.22. The van der Waals surface area contributed by atoms with Crippen LogP contribution in [-0.2, 0) is 4.74 Å². The van der Waals surface area contributed by atoms with Crippen molar-refractivity contribution in [1.29, 1.82) is 0 Å². The summed E-state index contributed by atoms with van der Waals surface area (Å²) >= 11 is 0. The van der Waals surface area contributed by atoms with Gasteiger partial charge in [0.05, 0.1) is 18.2 Å². The van der Waals surface area contributed by atoms with Crippen molar-refractivity contribution in [2.75, 3.05) is 13.7 Å². The Bertz CT molecular complexity index is 479. The van der Waals surface area contributed by atoms with Gasteiger partial charge in [0.1, 0.15) is 5.69 Å². The highest BCUT2D eigenvalue weighted by atomic mass is 16.5. The third kappa shape index (κ3) is 3.35. The van der Waals surface area contributed by atoms with Crippen LogP contribution in [0.25, 0.3) is 0 Å². The van der Waals surface area contributed by atoms with E-state index in [4.69, 9.17) is 9.84 Å². The first-order valence-electron chi connectivity index (χ1n) is 6.14. The summed E-state index contributed by atoms with van der Waals surface area (Å²) in [5.74, 6) is -1.34. The van der Waals surface area contributed by atoms with Gasteiger partial charge in [0.25, 0.3) is 5.91 Å². The molecule has 0 aliphatic rings. The zero-order chi connectivity index (χ0) is 14.6. The molecule has 1 atom stereocenters. The zero-order valence-corrected chi connectivity index (χ0v) is 11.7. The summed E-state index contributed by atoms with van der Waals surface area (Å²) in [6.07, 6.45) is 0.744. The minimum Gasteiger partial charge on any atom is -0.477 e. The van der Waals surface area contributed by atoms with Crippen LogP contribution in [0.1, 0.15) is 45.4 Å². The number of aromatic nitrogens is 1. The lowest BCUT2D eigenvalue weighted by Crippen LogP contribution is -2.37. The fourth-order valence-corrected chi connectivity index (χ4v) is 2.02. The van der Waals surface area contributed by atoms with Gasteiger partial charge in [0.15, 0.2) is 0 Å². The van der Waals surface area contributed by atoms with Crippen LogP contribution in [0.3, 0.4) is 0 Å². The lowest BCUT2D eigenvalue weighted by molar-refractivity contribution is 0.0690. The van der Waals surface area contributed by atoms with Crippen LogP contribution in [0.4, 0.5) is 0 Å². The van der Waals surface area contributed by atoms with Crippen molar-refractivity contribution in [3.8, 4) is 0 Å². The Hall–Kier alpha value is -1.82. The SMILES string of the molecule is CCC(COC)NC(=O)c1c(C)[nH]c(C(=O)O)c1C. The Balaban J connectivity index is 2.97. The van der Waals surface area contributed by atoms with Gasteiger partial charge in [-0.15, -0.1) is 0 Å². The van der Waals surface area contributed by atoms with Crippen LogP contribution < -0.4 is 5.32 Å². The van der Waals surface area contributed by atoms with E-state index in [0.29, 0.717) is 23.4 Å². The Labute approximate surface area is 112 Å². The molecule has 1 heterocycles. The summed E-state index contributed by atoms with van der Waals surface area (Å²) in [5.41, 5.74) is 1.46. The molecule has 0 radical (unpaired) electrons. The second-order valence-corrected chi connectivity index (χ2v) is 4.46. The Morgan fingerprint density at radius 2 is 2.05 bits per heavy atom. The average Bonchev–Trinajstić information content (AvgIpc) is 2.64. The molecule has 19 heavy (non-hydrogen) atoms. The topological polar surface area (TPSA) is 91.4 Å². The van der Waals surface area contributed by atoms with E-state index in [1.54, 1.807) is 21.0 Å². The molecule has 6 heteroatoms. The molecule has 0 saturated carbocycles. The van der Waals surface area contributed by atoms with Gasteiger partial charge in [-0.2, -0.15) is 0 Å². The van der Waals surface area contributed by atoms with Crippen LogP contribution in [0.15, 0.2) is 0 Å². The molecule has 1 amide bonds. The molecule has 1 aromatic heterocycles. The molecule has 0 spiro atoms. The normalized spacial score (nSPS) is 12.2. The molecule has 106 valence electrons. The van der Waals surface area contributed by atoms with E-state index in [9.17, 15) is 9.59 Å². The number of methoxy groups -OCH3 is 1. The summed E-state index contributed by atoms with van der Waals surface area (Å²) in [7, 11) is 1.57. The number of amides is 1. The minimum atomic E-state index is -1.07. The van der Waals surface area contributed by atoms with Gasteiger partial charge in [-0.05, 0) is 25.8 Å². The molecule has 3 N–H and O–H groups in total. The number of H-pyrrole nitrogens is 1. The standard InChI is InChI=1S/C13H20N2O4/c1-5-9(6-19-4)15-12(16)10-7(2)11(13(17)18)14-8(10)3/h9,14H,5-6H2,1-4H3,(H,15,16)(H,17,18). The third-order valence-electron chi connectivity index (χ3n) is 3.07. The molecule has 0 aliphatic heterocycles. The van der Waals surface area contributed by atoms with Gasteiger partial charge < -0.3 is 20.1 Å². The molecule has 1 unspecified atom stereocenters. The molecule has 0 aromatic carbocycles. The Morgan fingerprint density at radius 1 is 1.42 bits per heavy atom. The highest BCUT2D eigenvalue weighted by Crippen LogP contribution is 2.18. The summed E-state index contributed by atoms with van der Waals surface area (Å²) < 4.78 is 5.02. The predicted octanol–water partition coefficient (Wildman–Crippen LogP) is 1.48. The van der Waals surface area contributed by atoms with Crippen molar-refractivity contribution in [3.05, 3.63) is 22.5 Å². The maximum Gasteiger partial charge on any atom is 0.352 e. The van der Waals surface area contributed by atoms with E-state index in [1.807, 2.05) is 6.92 Å². The van der Waals surface area contributed by atoms with Crippen molar-refractivity contribution in [2.24, 2.45) is 0 Å². The number of carbonyl (C=O) groups is 2. The molecular formula is C13H20N2O4. The van der Waals surface area contributed by atoms with Gasteiger partial charge in [-0.3, -0.25) is 4.79 Å². The van der Waals surface area contributed by atoms with E-state index in [-0.39, 0.29) is 17.6 Å². The molecule has 6 nitrogen and oxygen atoms in total.